The van der Waals surface area contributed by atoms with Crippen LogP contribution in [0.3, 0.4) is 0 Å². The van der Waals surface area contributed by atoms with E-state index in [-0.39, 0.29) is 0 Å². The SMILES string of the molecule is CCOC(=O)c1cncc(-c2ncc(Nc3cccc(Cl)c3)cn2)c1. The minimum Gasteiger partial charge on any atom is -0.462 e. The van der Waals surface area contributed by atoms with Crippen molar-refractivity contribution in [3.05, 3.63) is 65.7 Å². The summed E-state index contributed by atoms with van der Waals surface area (Å²) in [6, 6.07) is 9.02. The molecule has 2 heterocycles. The van der Waals surface area contributed by atoms with Crippen molar-refractivity contribution in [3.8, 4) is 11.4 Å². The van der Waals surface area contributed by atoms with E-state index in [1.165, 1.54) is 6.20 Å². The van der Waals surface area contributed by atoms with Crippen molar-refractivity contribution in [2.24, 2.45) is 0 Å². The molecule has 0 spiro atoms. The standard InChI is InChI=1S/C18H15ClN4O2/c1-2-25-18(24)13-6-12(8-20-9-13)17-21-10-16(11-22-17)23-15-5-3-4-14(19)7-15/h3-11,23H,2H2,1H3. The molecular weight excluding hydrogens is 340 g/mol. The van der Waals surface area contributed by atoms with Crippen LogP contribution in [0.25, 0.3) is 11.4 Å². The average molecular weight is 355 g/mol. The van der Waals surface area contributed by atoms with E-state index in [4.69, 9.17) is 16.3 Å². The molecule has 25 heavy (non-hydrogen) atoms. The minimum absolute atomic E-state index is 0.309. The number of hydrogen-bond donors (Lipinski definition) is 1. The fourth-order valence-corrected chi connectivity index (χ4v) is 2.35. The lowest BCUT2D eigenvalue weighted by atomic mass is 10.2. The van der Waals surface area contributed by atoms with Gasteiger partial charge in [-0.1, -0.05) is 17.7 Å². The first kappa shape index (κ1) is 16.9. The number of halogens is 1. The molecule has 0 fully saturated rings. The molecule has 0 unspecified atom stereocenters. The van der Waals surface area contributed by atoms with Gasteiger partial charge in [0.05, 0.1) is 30.3 Å². The van der Waals surface area contributed by atoms with Gasteiger partial charge in [-0.2, -0.15) is 0 Å². The Hall–Kier alpha value is -2.99. The van der Waals surface area contributed by atoms with Gasteiger partial charge < -0.3 is 10.1 Å². The molecule has 126 valence electrons. The van der Waals surface area contributed by atoms with Crippen molar-refractivity contribution in [2.45, 2.75) is 6.92 Å². The predicted octanol–water partition coefficient (Wildman–Crippen LogP) is 4.11. The number of aromatic nitrogens is 3. The maximum atomic E-state index is 11.8. The van der Waals surface area contributed by atoms with Gasteiger partial charge in [0.1, 0.15) is 0 Å². The number of ether oxygens (including phenoxy) is 1. The van der Waals surface area contributed by atoms with Crippen molar-refractivity contribution >= 4 is 28.9 Å². The molecule has 0 atom stereocenters. The summed E-state index contributed by atoms with van der Waals surface area (Å²) in [6.07, 6.45) is 6.36. The van der Waals surface area contributed by atoms with Crippen LogP contribution in [-0.4, -0.2) is 27.5 Å². The van der Waals surface area contributed by atoms with E-state index in [9.17, 15) is 4.79 Å². The molecule has 2 aromatic heterocycles. The highest BCUT2D eigenvalue weighted by atomic mass is 35.5. The van der Waals surface area contributed by atoms with E-state index in [0.717, 1.165) is 11.4 Å². The zero-order chi connectivity index (χ0) is 17.6. The molecule has 0 saturated carbocycles. The molecule has 3 rings (SSSR count). The van der Waals surface area contributed by atoms with E-state index in [0.29, 0.717) is 28.6 Å². The van der Waals surface area contributed by atoms with Crippen molar-refractivity contribution in [3.63, 3.8) is 0 Å². The lowest BCUT2D eigenvalue weighted by molar-refractivity contribution is 0.0526. The largest absolute Gasteiger partial charge is 0.462 e. The number of hydrogen-bond acceptors (Lipinski definition) is 6. The van der Waals surface area contributed by atoms with Gasteiger partial charge in [-0.15, -0.1) is 0 Å². The highest BCUT2D eigenvalue weighted by molar-refractivity contribution is 6.30. The Balaban J connectivity index is 1.78. The third-order valence-corrected chi connectivity index (χ3v) is 3.51. The first-order valence-electron chi connectivity index (χ1n) is 7.63. The summed E-state index contributed by atoms with van der Waals surface area (Å²) in [7, 11) is 0. The number of esters is 1. The van der Waals surface area contributed by atoms with Crippen LogP contribution >= 0.6 is 11.6 Å². The summed E-state index contributed by atoms with van der Waals surface area (Å²) in [4.78, 5) is 24.5. The van der Waals surface area contributed by atoms with Crippen LogP contribution in [0.4, 0.5) is 11.4 Å². The summed E-state index contributed by atoms with van der Waals surface area (Å²) in [6.45, 7) is 2.06. The summed E-state index contributed by atoms with van der Waals surface area (Å²) < 4.78 is 4.97. The molecule has 1 N–H and O–H groups in total. The quantitative estimate of drug-likeness (QED) is 0.695. The second-order valence-electron chi connectivity index (χ2n) is 5.11. The fraction of sp³-hybridized carbons (Fsp3) is 0.111. The maximum absolute atomic E-state index is 11.8. The monoisotopic (exact) mass is 354 g/mol. The smallest absolute Gasteiger partial charge is 0.339 e. The van der Waals surface area contributed by atoms with Gasteiger partial charge in [-0.25, -0.2) is 14.8 Å². The molecule has 3 aromatic rings. The van der Waals surface area contributed by atoms with E-state index in [1.807, 2.05) is 18.2 Å². The Morgan fingerprint density at radius 2 is 1.92 bits per heavy atom. The van der Waals surface area contributed by atoms with Gasteiger partial charge in [0.15, 0.2) is 5.82 Å². The highest BCUT2D eigenvalue weighted by Crippen LogP contribution is 2.21. The lowest BCUT2D eigenvalue weighted by Crippen LogP contribution is -2.05. The second-order valence-corrected chi connectivity index (χ2v) is 5.55. The number of anilines is 2. The molecule has 0 aliphatic carbocycles. The zero-order valence-electron chi connectivity index (χ0n) is 13.4. The topological polar surface area (TPSA) is 77.0 Å². The van der Waals surface area contributed by atoms with Crippen molar-refractivity contribution in [1.29, 1.82) is 0 Å². The van der Waals surface area contributed by atoms with Crippen molar-refractivity contribution < 1.29 is 9.53 Å². The van der Waals surface area contributed by atoms with Crippen LogP contribution in [0.5, 0.6) is 0 Å². The fourth-order valence-electron chi connectivity index (χ4n) is 2.16. The number of nitrogens with one attached hydrogen (secondary N) is 1. The predicted molar refractivity (Wildman–Crippen MR) is 96.0 cm³/mol. The molecule has 0 bridgehead atoms. The molecule has 6 nitrogen and oxygen atoms in total. The first-order chi connectivity index (χ1) is 12.2. The Kier molecular flexibility index (Phi) is 5.20. The molecular formula is C18H15ClN4O2. The summed E-state index contributed by atoms with van der Waals surface area (Å²) in [5.74, 6) is 0.0476. The van der Waals surface area contributed by atoms with Gasteiger partial charge in [0.25, 0.3) is 0 Å². The van der Waals surface area contributed by atoms with Gasteiger partial charge in [0.2, 0.25) is 0 Å². The van der Waals surface area contributed by atoms with Crippen LogP contribution < -0.4 is 5.32 Å². The van der Waals surface area contributed by atoms with Gasteiger partial charge in [-0.3, -0.25) is 4.98 Å². The summed E-state index contributed by atoms with van der Waals surface area (Å²) in [5.41, 5.74) is 2.57. The van der Waals surface area contributed by atoms with Gasteiger partial charge in [0, 0.05) is 28.7 Å². The summed E-state index contributed by atoms with van der Waals surface area (Å²) >= 11 is 5.96. The first-order valence-corrected chi connectivity index (χ1v) is 8.00. The minimum atomic E-state index is -0.420. The van der Waals surface area contributed by atoms with Gasteiger partial charge >= 0.3 is 5.97 Å². The number of nitrogens with zero attached hydrogens (tertiary/aromatic N) is 3. The normalized spacial score (nSPS) is 10.3. The number of rotatable bonds is 5. The van der Waals surface area contributed by atoms with Crippen molar-refractivity contribution in [1.82, 2.24) is 15.0 Å². The second kappa shape index (κ2) is 7.72. The Morgan fingerprint density at radius 1 is 1.12 bits per heavy atom. The van der Waals surface area contributed by atoms with E-state index >= 15 is 0 Å². The molecule has 1 aromatic carbocycles. The van der Waals surface area contributed by atoms with E-state index in [2.05, 4.69) is 20.3 Å². The number of carbonyl (C=O) groups is 1. The molecule has 0 amide bonds. The third-order valence-electron chi connectivity index (χ3n) is 3.27. The van der Waals surface area contributed by atoms with Crippen LogP contribution in [0.1, 0.15) is 17.3 Å². The number of benzene rings is 1. The highest BCUT2D eigenvalue weighted by Gasteiger charge is 2.10. The van der Waals surface area contributed by atoms with Gasteiger partial charge in [-0.05, 0) is 31.2 Å². The molecule has 0 aliphatic rings. The number of pyridine rings is 1. The molecule has 0 radical (unpaired) electrons. The summed E-state index contributed by atoms with van der Waals surface area (Å²) in [5, 5.41) is 3.81. The molecule has 0 aliphatic heterocycles. The van der Waals surface area contributed by atoms with Crippen LogP contribution in [-0.2, 0) is 4.74 Å². The lowest BCUT2D eigenvalue weighted by Gasteiger charge is -2.07. The van der Waals surface area contributed by atoms with Crippen LogP contribution in [0, 0.1) is 0 Å². The van der Waals surface area contributed by atoms with E-state index in [1.54, 1.807) is 37.6 Å². The average Bonchev–Trinajstić information content (AvgIpc) is 2.63. The Labute approximate surface area is 149 Å². The van der Waals surface area contributed by atoms with Crippen LogP contribution in [0.15, 0.2) is 55.1 Å². The molecule has 0 saturated heterocycles. The maximum Gasteiger partial charge on any atom is 0.339 e. The Morgan fingerprint density at radius 3 is 2.64 bits per heavy atom. The number of carbonyl (C=O) groups excluding carboxylic acids is 1. The Bertz CT molecular complexity index is 884. The molecule has 7 heteroatoms. The van der Waals surface area contributed by atoms with Crippen LogP contribution in [0.2, 0.25) is 5.02 Å². The third kappa shape index (κ3) is 4.30. The zero-order valence-corrected chi connectivity index (χ0v) is 14.2. The van der Waals surface area contributed by atoms with E-state index < -0.39 is 5.97 Å². The van der Waals surface area contributed by atoms with Crippen molar-refractivity contribution in [2.75, 3.05) is 11.9 Å².